The fourth-order valence-electron chi connectivity index (χ4n) is 3.49. The Hall–Kier alpha value is -3.94. The number of nitrogens with one attached hydrogen (secondary N) is 1. The van der Waals surface area contributed by atoms with Crippen molar-refractivity contribution in [2.75, 3.05) is 0 Å². The lowest BCUT2D eigenvalue weighted by Gasteiger charge is -2.11. The SMILES string of the molecule is O=C(NCc1ccc([S+]([O-])c2ccc(-c3ccccc3)cc2)cc1)c1cnc2nccn2c1. The maximum atomic E-state index is 13.0. The lowest BCUT2D eigenvalue weighted by molar-refractivity contribution is 0.0950. The van der Waals surface area contributed by atoms with E-state index in [0.717, 1.165) is 21.6 Å². The van der Waals surface area contributed by atoms with E-state index in [1.54, 1.807) is 23.0 Å². The highest BCUT2D eigenvalue weighted by molar-refractivity contribution is 7.91. The Balaban J connectivity index is 1.22. The number of hydrogen-bond acceptors (Lipinski definition) is 4. The highest BCUT2D eigenvalue weighted by atomic mass is 32.2. The van der Waals surface area contributed by atoms with Gasteiger partial charge in [0.2, 0.25) is 5.78 Å². The standard InChI is InChI=1S/C26H20N4O2S/c31-25(22-17-29-26-27-14-15-30(26)18-22)28-16-19-6-10-23(11-7-19)33(32)24-12-8-21(9-13-24)20-4-2-1-3-5-20/h1-15,17-18H,16H2,(H,28,31). The molecule has 0 radical (unpaired) electrons. The summed E-state index contributed by atoms with van der Waals surface area (Å²) in [6.45, 7) is 0.361. The first-order chi connectivity index (χ1) is 16.2. The zero-order valence-corrected chi connectivity index (χ0v) is 18.4. The molecule has 2 heterocycles. The van der Waals surface area contributed by atoms with Crippen LogP contribution in [0.3, 0.4) is 0 Å². The molecule has 5 aromatic rings. The molecule has 2 aromatic heterocycles. The minimum atomic E-state index is -1.28. The number of aromatic nitrogens is 3. The van der Waals surface area contributed by atoms with E-state index in [1.807, 2.05) is 66.7 Å². The van der Waals surface area contributed by atoms with Gasteiger partial charge in [0.25, 0.3) is 5.91 Å². The van der Waals surface area contributed by atoms with Crippen LogP contribution in [-0.2, 0) is 17.7 Å². The monoisotopic (exact) mass is 452 g/mol. The van der Waals surface area contributed by atoms with Crippen molar-refractivity contribution < 1.29 is 9.35 Å². The van der Waals surface area contributed by atoms with Crippen LogP contribution >= 0.6 is 0 Å². The molecule has 6 nitrogen and oxygen atoms in total. The summed E-state index contributed by atoms with van der Waals surface area (Å²) in [7, 11) is 0. The van der Waals surface area contributed by atoms with E-state index in [9.17, 15) is 9.35 Å². The van der Waals surface area contributed by atoms with Gasteiger partial charge in [-0.1, -0.05) is 42.5 Å². The number of benzene rings is 3. The summed E-state index contributed by atoms with van der Waals surface area (Å²) in [6, 6.07) is 25.3. The first-order valence-electron chi connectivity index (χ1n) is 10.4. The van der Waals surface area contributed by atoms with Gasteiger partial charge < -0.3 is 9.87 Å². The predicted octanol–water partition coefficient (Wildman–Crippen LogP) is 4.49. The average molecular weight is 453 g/mol. The number of carbonyl (C=O) groups excluding carboxylic acids is 1. The maximum Gasteiger partial charge on any atom is 0.254 e. The summed E-state index contributed by atoms with van der Waals surface area (Å²) in [5, 5.41) is 2.89. The van der Waals surface area contributed by atoms with Crippen molar-refractivity contribution in [1.82, 2.24) is 19.7 Å². The van der Waals surface area contributed by atoms with Crippen molar-refractivity contribution in [3.8, 4) is 11.1 Å². The van der Waals surface area contributed by atoms with E-state index in [0.29, 0.717) is 22.8 Å². The number of carbonyl (C=O) groups is 1. The van der Waals surface area contributed by atoms with Gasteiger partial charge in [-0.25, -0.2) is 9.97 Å². The highest BCUT2D eigenvalue weighted by Gasteiger charge is 2.15. The first kappa shape index (κ1) is 20.9. The van der Waals surface area contributed by atoms with Gasteiger partial charge in [0.15, 0.2) is 9.79 Å². The Morgan fingerprint density at radius 1 is 0.879 bits per heavy atom. The largest absolute Gasteiger partial charge is 0.606 e. The van der Waals surface area contributed by atoms with Crippen LogP contribution in [0.5, 0.6) is 0 Å². The van der Waals surface area contributed by atoms with E-state index in [4.69, 9.17) is 0 Å². The maximum absolute atomic E-state index is 13.0. The molecule has 5 rings (SSSR count). The van der Waals surface area contributed by atoms with E-state index in [2.05, 4.69) is 27.4 Å². The van der Waals surface area contributed by atoms with E-state index in [1.165, 1.54) is 6.20 Å². The van der Waals surface area contributed by atoms with Gasteiger partial charge in [-0.2, -0.15) is 0 Å². The van der Waals surface area contributed by atoms with Gasteiger partial charge in [0, 0.05) is 42.5 Å². The van der Waals surface area contributed by atoms with E-state index < -0.39 is 11.2 Å². The van der Waals surface area contributed by atoms with Gasteiger partial charge in [-0.3, -0.25) is 9.20 Å². The second-order valence-electron chi connectivity index (χ2n) is 7.46. The molecule has 0 saturated carbocycles. The third kappa shape index (κ3) is 4.64. The predicted molar refractivity (Wildman–Crippen MR) is 127 cm³/mol. The van der Waals surface area contributed by atoms with Gasteiger partial charge >= 0.3 is 0 Å². The Morgan fingerprint density at radius 3 is 2.27 bits per heavy atom. The summed E-state index contributed by atoms with van der Waals surface area (Å²) < 4.78 is 14.7. The molecule has 1 atom stereocenters. The Labute approximate surface area is 194 Å². The van der Waals surface area contributed by atoms with Gasteiger partial charge in [0.1, 0.15) is 0 Å². The fourth-order valence-corrected chi connectivity index (χ4v) is 4.53. The summed E-state index contributed by atoms with van der Waals surface area (Å²) in [4.78, 5) is 22.1. The van der Waals surface area contributed by atoms with Gasteiger partial charge in [0.05, 0.1) is 5.56 Å². The molecule has 0 bridgehead atoms. The van der Waals surface area contributed by atoms with Crippen molar-refractivity contribution in [3.63, 3.8) is 0 Å². The quantitative estimate of drug-likeness (QED) is 0.385. The van der Waals surface area contributed by atoms with Crippen LogP contribution in [0, 0.1) is 0 Å². The molecule has 0 saturated heterocycles. The number of fused-ring (bicyclic) bond motifs is 1. The van der Waals surface area contributed by atoms with Crippen molar-refractivity contribution in [1.29, 1.82) is 0 Å². The second-order valence-corrected chi connectivity index (χ2v) is 8.94. The van der Waals surface area contributed by atoms with Crippen LogP contribution < -0.4 is 5.32 Å². The van der Waals surface area contributed by atoms with Crippen LogP contribution in [0.2, 0.25) is 0 Å². The average Bonchev–Trinajstić information content (AvgIpc) is 3.36. The number of imidazole rings is 1. The molecule has 33 heavy (non-hydrogen) atoms. The smallest absolute Gasteiger partial charge is 0.254 e. The van der Waals surface area contributed by atoms with Gasteiger partial charge in [-0.15, -0.1) is 0 Å². The third-order valence-corrected chi connectivity index (χ3v) is 6.67. The molecule has 0 aliphatic heterocycles. The number of hydrogen-bond donors (Lipinski definition) is 1. The van der Waals surface area contributed by atoms with Crippen molar-refractivity contribution >= 4 is 22.9 Å². The number of rotatable bonds is 6. The third-order valence-electron chi connectivity index (χ3n) is 5.27. The highest BCUT2D eigenvalue weighted by Crippen LogP contribution is 2.25. The summed E-state index contributed by atoms with van der Waals surface area (Å²) in [5.41, 5.74) is 3.59. The lowest BCUT2D eigenvalue weighted by atomic mass is 10.1. The molecule has 7 heteroatoms. The van der Waals surface area contributed by atoms with Crippen LogP contribution in [0.1, 0.15) is 15.9 Å². The molecule has 0 spiro atoms. The molecule has 1 amide bonds. The van der Waals surface area contributed by atoms with Crippen molar-refractivity contribution in [2.24, 2.45) is 0 Å². The zero-order valence-electron chi connectivity index (χ0n) is 17.6. The number of amides is 1. The van der Waals surface area contributed by atoms with E-state index >= 15 is 0 Å². The van der Waals surface area contributed by atoms with Crippen LogP contribution in [0.4, 0.5) is 0 Å². The lowest BCUT2D eigenvalue weighted by Crippen LogP contribution is -2.23. The summed E-state index contributed by atoms with van der Waals surface area (Å²) in [5.74, 6) is 0.328. The first-order valence-corrected chi connectivity index (χ1v) is 11.6. The molecule has 3 aromatic carbocycles. The fraction of sp³-hybridized carbons (Fsp3) is 0.0385. The molecule has 0 aliphatic carbocycles. The Kier molecular flexibility index (Phi) is 5.89. The topological polar surface area (TPSA) is 82.3 Å². The normalized spacial score (nSPS) is 11.9. The van der Waals surface area contributed by atoms with Crippen molar-refractivity contribution in [2.45, 2.75) is 16.3 Å². The van der Waals surface area contributed by atoms with Crippen LogP contribution in [0.15, 0.2) is 113 Å². The van der Waals surface area contributed by atoms with E-state index in [-0.39, 0.29) is 5.91 Å². The molecular weight excluding hydrogens is 432 g/mol. The molecule has 1 N–H and O–H groups in total. The van der Waals surface area contributed by atoms with Crippen molar-refractivity contribution in [3.05, 3.63) is 115 Å². The minimum absolute atomic E-state index is 0.218. The summed E-state index contributed by atoms with van der Waals surface area (Å²) >= 11 is -1.28. The molecule has 0 fully saturated rings. The van der Waals surface area contributed by atoms with Gasteiger partial charge in [-0.05, 0) is 53.1 Å². The Bertz CT molecular complexity index is 1380. The second kappa shape index (κ2) is 9.28. The Morgan fingerprint density at radius 2 is 1.55 bits per heavy atom. The molecule has 0 aliphatic rings. The van der Waals surface area contributed by atoms with Crippen LogP contribution in [0.25, 0.3) is 16.9 Å². The molecular formula is C26H20N4O2S. The van der Waals surface area contributed by atoms with Crippen LogP contribution in [-0.4, -0.2) is 24.8 Å². The summed E-state index contributed by atoms with van der Waals surface area (Å²) in [6.07, 6.45) is 6.58. The molecule has 1 unspecified atom stereocenters. The number of nitrogens with zero attached hydrogens (tertiary/aromatic N) is 3. The zero-order chi connectivity index (χ0) is 22.6. The molecule has 162 valence electrons. The minimum Gasteiger partial charge on any atom is -0.606 e.